The molecule has 7 nitrogen and oxygen atoms in total. The van der Waals surface area contributed by atoms with Crippen LogP contribution in [0.3, 0.4) is 0 Å². The molecule has 7 heteroatoms. The minimum absolute atomic E-state index is 0.00690. The maximum Gasteiger partial charge on any atom is 0.296 e. The summed E-state index contributed by atoms with van der Waals surface area (Å²) in [4.78, 5) is 21.7. The van der Waals surface area contributed by atoms with Crippen LogP contribution in [-0.4, -0.2) is 15.9 Å². The normalized spacial score (nSPS) is 10.0. The fraction of sp³-hybridized carbons (Fsp3) is 0. The molecule has 1 aromatic carbocycles. The van der Waals surface area contributed by atoms with Gasteiger partial charge in [0.2, 0.25) is 0 Å². The number of rotatable bonds is 3. The fourth-order valence-electron chi connectivity index (χ4n) is 1.39. The molecule has 0 spiro atoms. The fourth-order valence-corrected chi connectivity index (χ4v) is 1.39. The Bertz CT molecular complexity index is 591. The molecule has 0 unspecified atom stereocenters. The molecule has 92 valence electrons. The number of carbonyl (C=O) groups excluding carboxylic acids is 1. The summed E-state index contributed by atoms with van der Waals surface area (Å²) >= 11 is 0. The van der Waals surface area contributed by atoms with Crippen molar-refractivity contribution in [2.45, 2.75) is 0 Å². The first kappa shape index (κ1) is 11.6. The standard InChI is InChI=1S/C11H8N2O5/c14-8-4-1-3-7(13(16)17)10(8)12-11(15)9-5-2-6-18-9/h1-6,14H,(H,12,15). The van der Waals surface area contributed by atoms with E-state index >= 15 is 0 Å². The van der Waals surface area contributed by atoms with E-state index in [0.717, 1.165) is 0 Å². The molecule has 1 amide bonds. The quantitative estimate of drug-likeness (QED) is 0.491. The third-order valence-electron chi connectivity index (χ3n) is 2.20. The second-order valence-electron chi connectivity index (χ2n) is 3.36. The molecule has 0 saturated heterocycles. The van der Waals surface area contributed by atoms with Crippen LogP contribution >= 0.6 is 0 Å². The Kier molecular flexibility index (Phi) is 2.96. The second kappa shape index (κ2) is 4.58. The minimum Gasteiger partial charge on any atom is -0.505 e. The van der Waals surface area contributed by atoms with E-state index in [9.17, 15) is 20.0 Å². The number of nitro benzene ring substituents is 1. The maximum absolute atomic E-state index is 11.7. The number of para-hydroxylation sites is 1. The van der Waals surface area contributed by atoms with Gasteiger partial charge < -0.3 is 14.8 Å². The monoisotopic (exact) mass is 248 g/mol. The molecule has 0 saturated carbocycles. The van der Waals surface area contributed by atoms with E-state index in [2.05, 4.69) is 5.32 Å². The van der Waals surface area contributed by atoms with Gasteiger partial charge in [0, 0.05) is 6.07 Å². The van der Waals surface area contributed by atoms with Crippen LogP contribution in [0.5, 0.6) is 5.75 Å². The van der Waals surface area contributed by atoms with Crippen molar-refractivity contribution in [1.82, 2.24) is 0 Å². The highest BCUT2D eigenvalue weighted by Crippen LogP contribution is 2.33. The number of nitrogens with zero attached hydrogens (tertiary/aromatic N) is 1. The van der Waals surface area contributed by atoms with Crippen LogP contribution in [0.2, 0.25) is 0 Å². The van der Waals surface area contributed by atoms with Gasteiger partial charge in [-0.3, -0.25) is 14.9 Å². The molecule has 0 radical (unpaired) electrons. The number of amides is 1. The summed E-state index contributed by atoms with van der Waals surface area (Å²) in [6.45, 7) is 0. The average Bonchev–Trinajstić information content (AvgIpc) is 2.85. The first-order chi connectivity index (χ1) is 8.59. The smallest absolute Gasteiger partial charge is 0.296 e. The highest BCUT2D eigenvalue weighted by atomic mass is 16.6. The van der Waals surface area contributed by atoms with E-state index in [1.807, 2.05) is 0 Å². The Hall–Kier alpha value is -2.83. The summed E-state index contributed by atoms with van der Waals surface area (Å²) < 4.78 is 4.84. The molecular formula is C11H8N2O5. The number of benzene rings is 1. The van der Waals surface area contributed by atoms with Crippen molar-refractivity contribution in [2.24, 2.45) is 0 Å². The Morgan fingerprint density at radius 3 is 2.72 bits per heavy atom. The van der Waals surface area contributed by atoms with Gasteiger partial charge in [-0.2, -0.15) is 0 Å². The largest absolute Gasteiger partial charge is 0.505 e. The molecule has 1 aromatic heterocycles. The lowest BCUT2D eigenvalue weighted by Gasteiger charge is -2.06. The van der Waals surface area contributed by atoms with Gasteiger partial charge >= 0.3 is 0 Å². The van der Waals surface area contributed by atoms with Gasteiger partial charge in [-0.05, 0) is 18.2 Å². The summed E-state index contributed by atoms with van der Waals surface area (Å²) in [6.07, 6.45) is 1.30. The molecule has 1 heterocycles. The van der Waals surface area contributed by atoms with Gasteiger partial charge in [-0.25, -0.2) is 0 Å². The van der Waals surface area contributed by atoms with Gasteiger partial charge in [-0.1, -0.05) is 6.07 Å². The topological polar surface area (TPSA) is 106 Å². The molecule has 0 aliphatic rings. The molecule has 0 atom stereocenters. The first-order valence-corrected chi connectivity index (χ1v) is 4.91. The number of aromatic hydroxyl groups is 1. The van der Waals surface area contributed by atoms with Gasteiger partial charge in [0.1, 0.15) is 5.75 Å². The van der Waals surface area contributed by atoms with E-state index in [-0.39, 0.29) is 17.2 Å². The highest BCUT2D eigenvalue weighted by Gasteiger charge is 2.20. The van der Waals surface area contributed by atoms with Gasteiger partial charge in [0.25, 0.3) is 11.6 Å². The number of hydrogen-bond acceptors (Lipinski definition) is 5. The second-order valence-corrected chi connectivity index (χ2v) is 3.36. The molecule has 0 fully saturated rings. The maximum atomic E-state index is 11.7. The lowest BCUT2D eigenvalue weighted by atomic mass is 10.2. The van der Waals surface area contributed by atoms with E-state index in [1.54, 1.807) is 0 Å². The number of nitro groups is 1. The molecule has 2 rings (SSSR count). The number of phenols is 1. The van der Waals surface area contributed by atoms with E-state index in [4.69, 9.17) is 4.42 Å². The van der Waals surface area contributed by atoms with Crippen molar-refractivity contribution in [3.63, 3.8) is 0 Å². The molecule has 2 N–H and O–H groups in total. The van der Waals surface area contributed by atoms with Gasteiger partial charge in [0.15, 0.2) is 11.4 Å². The summed E-state index contributed by atoms with van der Waals surface area (Å²) in [5.74, 6) is -1.07. The van der Waals surface area contributed by atoms with Crippen LogP contribution in [0.15, 0.2) is 41.0 Å². The van der Waals surface area contributed by atoms with E-state index in [0.29, 0.717) is 0 Å². The molecule has 0 aliphatic heterocycles. The Labute approximate surface area is 101 Å². The zero-order chi connectivity index (χ0) is 13.1. The predicted octanol–water partition coefficient (Wildman–Crippen LogP) is 2.15. The van der Waals surface area contributed by atoms with Crippen molar-refractivity contribution < 1.29 is 19.2 Å². The van der Waals surface area contributed by atoms with Crippen LogP contribution in [0.4, 0.5) is 11.4 Å². The predicted molar refractivity (Wildman–Crippen MR) is 61.4 cm³/mol. The van der Waals surface area contributed by atoms with Gasteiger partial charge in [-0.15, -0.1) is 0 Å². The Morgan fingerprint density at radius 2 is 2.11 bits per heavy atom. The number of carbonyl (C=O) groups is 1. The molecule has 0 bridgehead atoms. The first-order valence-electron chi connectivity index (χ1n) is 4.91. The van der Waals surface area contributed by atoms with Crippen LogP contribution in [-0.2, 0) is 0 Å². The zero-order valence-corrected chi connectivity index (χ0v) is 8.99. The number of furan rings is 1. The summed E-state index contributed by atoms with van der Waals surface area (Å²) in [7, 11) is 0. The third-order valence-corrected chi connectivity index (χ3v) is 2.20. The SMILES string of the molecule is O=C(Nc1c(O)cccc1[N+](=O)[O-])c1ccco1. The minimum atomic E-state index is -0.697. The number of phenolic OH excluding ortho intramolecular Hbond substituents is 1. The molecular weight excluding hydrogens is 240 g/mol. The van der Waals surface area contributed by atoms with Crippen LogP contribution in [0.25, 0.3) is 0 Å². The summed E-state index contributed by atoms with van der Waals surface area (Å²) in [5.41, 5.74) is -0.654. The van der Waals surface area contributed by atoms with Crippen molar-refractivity contribution in [1.29, 1.82) is 0 Å². The Morgan fingerprint density at radius 1 is 1.33 bits per heavy atom. The molecule has 0 aliphatic carbocycles. The highest BCUT2D eigenvalue weighted by molar-refractivity contribution is 6.04. The van der Waals surface area contributed by atoms with Crippen molar-refractivity contribution >= 4 is 17.3 Å². The molecule has 18 heavy (non-hydrogen) atoms. The summed E-state index contributed by atoms with van der Waals surface area (Å²) in [5, 5.41) is 22.5. The van der Waals surface area contributed by atoms with Crippen LogP contribution in [0.1, 0.15) is 10.6 Å². The number of anilines is 1. The van der Waals surface area contributed by atoms with Crippen molar-refractivity contribution in [2.75, 3.05) is 5.32 Å². The Balaban J connectivity index is 2.34. The zero-order valence-electron chi connectivity index (χ0n) is 8.99. The third kappa shape index (κ3) is 2.14. The average molecular weight is 248 g/mol. The summed E-state index contributed by atoms with van der Waals surface area (Å²) in [6, 6.07) is 6.65. The number of nitrogens with one attached hydrogen (secondary N) is 1. The molecule has 2 aromatic rings. The van der Waals surface area contributed by atoms with Crippen molar-refractivity contribution in [3.8, 4) is 5.75 Å². The van der Waals surface area contributed by atoms with Gasteiger partial charge in [0.05, 0.1) is 11.2 Å². The number of hydrogen-bond donors (Lipinski definition) is 2. The van der Waals surface area contributed by atoms with E-state index < -0.39 is 16.5 Å². The lowest BCUT2D eigenvalue weighted by molar-refractivity contribution is -0.384. The lowest BCUT2D eigenvalue weighted by Crippen LogP contribution is -2.12. The van der Waals surface area contributed by atoms with Crippen LogP contribution < -0.4 is 5.32 Å². The van der Waals surface area contributed by atoms with E-state index in [1.165, 1.54) is 36.6 Å². The van der Waals surface area contributed by atoms with Crippen LogP contribution in [0, 0.1) is 10.1 Å². The van der Waals surface area contributed by atoms with Crippen molar-refractivity contribution in [3.05, 3.63) is 52.5 Å².